The molecule has 0 unspecified atom stereocenters. The highest BCUT2D eigenvalue weighted by molar-refractivity contribution is 5.95. The number of nitrogens with zero attached hydrogens (tertiary/aromatic N) is 5. The summed E-state index contributed by atoms with van der Waals surface area (Å²) in [7, 11) is 0. The van der Waals surface area contributed by atoms with Crippen molar-refractivity contribution in [2.24, 2.45) is 11.8 Å². The van der Waals surface area contributed by atoms with Gasteiger partial charge in [0.15, 0.2) is 0 Å². The summed E-state index contributed by atoms with van der Waals surface area (Å²) in [5, 5.41) is 7.69. The molecule has 2 aromatic heterocycles. The van der Waals surface area contributed by atoms with Crippen molar-refractivity contribution >= 4 is 5.91 Å². The van der Waals surface area contributed by atoms with Crippen LogP contribution in [0.15, 0.2) is 61.3 Å². The molecule has 1 aliphatic heterocycles. The molecule has 0 spiro atoms. The van der Waals surface area contributed by atoms with E-state index in [9.17, 15) is 4.79 Å². The van der Waals surface area contributed by atoms with Gasteiger partial charge in [-0.2, -0.15) is 0 Å². The highest BCUT2D eigenvalue weighted by Crippen LogP contribution is 2.33. The molecule has 3 heterocycles. The maximum absolute atomic E-state index is 13.1. The summed E-state index contributed by atoms with van der Waals surface area (Å²) in [4.78, 5) is 19.7. The maximum Gasteiger partial charge on any atom is 0.253 e. The highest BCUT2D eigenvalue weighted by atomic mass is 16.2. The van der Waals surface area contributed by atoms with Gasteiger partial charge in [-0.05, 0) is 60.9 Å². The normalized spacial score (nSPS) is 20.7. The number of pyridine rings is 1. The first kappa shape index (κ1) is 17.8. The molecule has 0 saturated carbocycles. The summed E-state index contributed by atoms with van der Waals surface area (Å²) in [5.41, 5.74) is 3.76. The summed E-state index contributed by atoms with van der Waals surface area (Å²) >= 11 is 0. The molecule has 1 aliphatic carbocycles. The zero-order chi connectivity index (χ0) is 19.8. The van der Waals surface area contributed by atoms with Gasteiger partial charge in [-0.3, -0.25) is 9.36 Å². The topological polar surface area (TPSA) is 63.9 Å². The number of aromatic nitrogens is 4. The number of allylic oxidation sites excluding steroid dienone is 2. The van der Waals surface area contributed by atoms with Crippen LogP contribution in [0, 0.1) is 18.8 Å². The number of fused-ring (bicyclic) bond motifs is 1. The molecular weight excluding hydrogens is 362 g/mol. The predicted molar refractivity (Wildman–Crippen MR) is 111 cm³/mol. The fraction of sp³-hybridized carbons (Fsp3) is 0.304. The number of benzene rings is 1. The van der Waals surface area contributed by atoms with Crippen molar-refractivity contribution in [3.05, 3.63) is 72.5 Å². The highest BCUT2D eigenvalue weighted by Gasteiger charge is 2.35. The van der Waals surface area contributed by atoms with E-state index in [1.165, 1.54) is 0 Å². The Balaban J connectivity index is 1.39. The first-order valence-corrected chi connectivity index (χ1v) is 10.1. The molecule has 1 fully saturated rings. The Morgan fingerprint density at radius 3 is 2.41 bits per heavy atom. The molecule has 0 bridgehead atoms. The van der Waals surface area contributed by atoms with E-state index >= 15 is 0 Å². The number of rotatable bonds is 3. The van der Waals surface area contributed by atoms with Crippen LogP contribution < -0.4 is 0 Å². The molecular formula is C23H23N5O. The Kier molecular flexibility index (Phi) is 4.46. The third-order valence-corrected chi connectivity index (χ3v) is 6.06. The van der Waals surface area contributed by atoms with Crippen LogP contribution in [-0.4, -0.2) is 43.6 Å². The minimum atomic E-state index is 0.132. The van der Waals surface area contributed by atoms with Crippen molar-refractivity contribution in [2.75, 3.05) is 13.1 Å². The lowest BCUT2D eigenvalue weighted by molar-refractivity contribution is 0.0784. The number of carbonyl (C=O) groups is 1. The molecule has 6 heteroatoms. The summed E-state index contributed by atoms with van der Waals surface area (Å²) in [6.07, 6.45) is 11.8. The van der Waals surface area contributed by atoms with E-state index in [0.29, 0.717) is 11.8 Å². The van der Waals surface area contributed by atoms with Gasteiger partial charge in [0, 0.05) is 30.4 Å². The predicted octanol–water partition coefficient (Wildman–Crippen LogP) is 3.68. The van der Waals surface area contributed by atoms with Crippen molar-refractivity contribution in [1.82, 2.24) is 24.6 Å². The van der Waals surface area contributed by atoms with E-state index in [4.69, 9.17) is 0 Å². The van der Waals surface area contributed by atoms with Crippen LogP contribution in [0.1, 0.15) is 28.8 Å². The Labute approximate surface area is 169 Å². The lowest BCUT2D eigenvalue weighted by Gasteiger charge is -2.17. The minimum Gasteiger partial charge on any atom is -0.338 e. The van der Waals surface area contributed by atoms with Gasteiger partial charge in [-0.25, -0.2) is 4.98 Å². The van der Waals surface area contributed by atoms with Crippen LogP contribution in [-0.2, 0) is 0 Å². The van der Waals surface area contributed by atoms with E-state index in [1.807, 2.05) is 42.3 Å². The lowest BCUT2D eigenvalue weighted by Crippen LogP contribution is -2.29. The molecule has 0 radical (unpaired) electrons. The second-order valence-electron chi connectivity index (χ2n) is 7.99. The third kappa shape index (κ3) is 3.35. The van der Waals surface area contributed by atoms with Crippen LogP contribution in [0.5, 0.6) is 0 Å². The second-order valence-corrected chi connectivity index (χ2v) is 7.99. The van der Waals surface area contributed by atoms with Crippen molar-refractivity contribution < 1.29 is 4.79 Å². The summed E-state index contributed by atoms with van der Waals surface area (Å²) in [6, 6.07) is 9.97. The van der Waals surface area contributed by atoms with Gasteiger partial charge in [0.1, 0.15) is 18.5 Å². The molecule has 1 amide bonds. The number of likely N-dealkylation sites (tertiary alicyclic amines) is 1. The van der Waals surface area contributed by atoms with Gasteiger partial charge in [0.25, 0.3) is 5.91 Å². The van der Waals surface area contributed by atoms with E-state index in [-0.39, 0.29) is 5.91 Å². The fourth-order valence-electron chi connectivity index (χ4n) is 4.50. The number of hydrogen-bond acceptors (Lipinski definition) is 4. The molecule has 2 atom stereocenters. The largest absolute Gasteiger partial charge is 0.338 e. The van der Waals surface area contributed by atoms with E-state index in [1.54, 1.807) is 17.2 Å². The third-order valence-electron chi connectivity index (χ3n) is 6.06. The van der Waals surface area contributed by atoms with Crippen molar-refractivity contribution in [2.45, 2.75) is 19.8 Å². The SMILES string of the molecule is Cc1cc(-c2cccc(C(=O)N3C[C@H]4CC=CC[C@H]4C3)c2)cnc1-n1cnnc1. The zero-order valence-corrected chi connectivity index (χ0v) is 16.4. The zero-order valence-electron chi connectivity index (χ0n) is 16.4. The van der Waals surface area contributed by atoms with Crippen LogP contribution in [0.3, 0.4) is 0 Å². The number of hydrogen-bond donors (Lipinski definition) is 0. The number of amides is 1. The number of aryl methyl sites for hydroxylation is 1. The molecule has 0 N–H and O–H groups in total. The first-order valence-electron chi connectivity index (χ1n) is 10.1. The smallest absolute Gasteiger partial charge is 0.253 e. The molecule has 6 nitrogen and oxygen atoms in total. The summed E-state index contributed by atoms with van der Waals surface area (Å²) in [6.45, 7) is 3.75. The van der Waals surface area contributed by atoms with Gasteiger partial charge in [-0.1, -0.05) is 24.3 Å². The summed E-state index contributed by atoms with van der Waals surface area (Å²) < 4.78 is 1.79. The molecule has 1 saturated heterocycles. The van der Waals surface area contributed by atoms with Gasteiger partial charge in [-0.15, -0.1) is 10.2 Å². The van der Waals surface area contributed by atoms with Crippen LogP contribution >= 0.6 is 0 Å². The molecule has 2 aliphatic rings. The molecule has 29 heavy (non-hydrogen) atoms. The summed E-state index contributed by atoms with van der Waals surface area (Å²) in [5.74, 6) is 2.17. The minimum absolute atomic E-state index is 0.132. The molecule has 146 valence electrons. The van der Waals surface area contributed by atoms with Crippen molar-refractivity contribution in [1.29, 1.82) is 0 Å². The molecule has 1 aromatic carbocycles. The Morgan fingerprint density at radius 2 is 1.72 bits per heavy atom. The maximum atomic E-state index is 13.1. The first-order chi connectivity index (χ1) is 14.2. The lowest BCUT2D eigenvalue weighted by atomic mass is 9.86. The van der Waals surface area contributed by atoms with Gasteiger partial charge >= 0.3 is 0 Å². The van der Waals surface area contributed by atoms with Crippen LogP contribution in [0.2, 0.25) is 0 Å². The van der Waals surface area contributed by atoms with Crippen molar-refractivity contribution in [3.8, 4) is 16.9 Å². The van der Waals surface area contributed by atoms with Crippen LogP contribution in [0.25, 0.3) is 16.9 Å². The average molecular weight is 385 g/mol. The quantitative estimate of drug-likeness (QED) is 0.645. The monoisotopic (exact) mass is 385 g/mol. The average Bonchev–Trinajstić information content (AvgIpc) is 3.43. The fourth-order valence-corrected chi connectivity index (χ4v) is 4.50. The Bertz CT molecular complexity index is 1060. The Morgan fingerprint density at radius 1 is 1.00 bits per heavy atom. The van der Waals surface area contributed by atoms with E-state index in [0.717, 1.165) is 54.0 Å². The Hall–Kier alpha value is -3.28. The van der Waals surface area contributed by atoms with Gasteiger partial charge in [0.2, 0.25) is 0 Å². The van der Waals surface area contributed by atoms with E-state index < -0.39 is 0 Å². The second kappa shape index (κ2) is 7.28. The molecule has 5 rings (SSSR count). The van der Waals surface area contributed by atoms with Gasteiger partial charge < -0.3 is 4.90 Å². The number of carbonyl (C=O) groups excluding carboxylic acids is 1. The van der Waals surface area contributed by atoms with E-state index in [2.05, 4.69) is 33.4 Å². The molecule has 3 aromatic rings. The van der Waals surface area contributed by atoms with Crippen molar-refractivity contribution in [3.63, 3.8) is 0 Å². The standard InChI is InChI=1S/C23H23N5O/c1-16-9-21(11-24-22(16)28-14-25-26-15-28)17-7-4-8-18(10-17)23(29)27-12-19-5-2-3-6-20(19)13-27/h2-4,7-11,14-15,19-20H,5-6,12-13H2,1H3/t19-,20+. The van der Waals surface area contributed by atoms with Gasteiger partial charge in [0.05, 0.1) is 0 Å². The van der Waals surface area contributed by atoms with Crippen LogP contribution in [0.4, 0.5) is 0 Å².